The summed E-state index contributed by atoms with van der Waals surface area (Å²) in [6.45, 7) is 11.6. The average Bonchev–Trinajstić information content (AvgIpc) is 2.80. The van der Waals surface area contributed by atoms with Gasteiger partial charge >= 0.3 is 11.8 Å². The third-order valence-electron chi connectivity index (χ3n) is 5.20. The molecule has 0 aliphatic heterocycles. The number of halogens is 1. The molecule has 0 heterocycles. The molecule has 0 unspecified atom stereocenters. The third-order valence-corrected chi connectivity index (χ3v) is 5.79. The first-order valence-corrected chi connectivity index (χ1v) is 12.5. The molecular weight excluding hydrogens is 528 g/mol. The molecule has 1 atom stereocenters. The first-order valence-electron chi connectivity index (χ1n) is 11.7. The molecule has 0 saturated carbocycles. The second-order valence-corrected chi connectivity index (χ2v) is 9.21. The second-order valence-electron chi connectivity index (χ2n) is 8.36. The number of ether oxygens (including phenoxy) is 2. The number of amides is 3. The van der Waals surface area contributed by atoms with Crippen LogP contribution in [0.15, 0.2) is 33.8 Å². The number of rotatable bonds is 10. The zero-order chi connectivity index (χ0) is 26.8. The fourth-order valence-electron chi connectivity index (χ4n) is 3.36. The van der Waals surface area contributed by atoms with Gasteiger partial charge in [0.25, 0.3) is 5.91 Å². The highest BCUT2D eigenvalue weighted by Gasteiger charge is 2.16. The van der Waals surface area contributed by atoms with Crippen molar-refractivity contribution < 1.29 is 23.9 Å². The summed E-state index contributed by atoms with van der Waals surface area (Å²) in [7, 11) is 0. The van der Waals surface area contributed by atoms with Gasteiger partial charge in [0.15, 0.2) is 18.1 Å². The molecule has 2 rings (SSSR count). The van der Waals surface area contributed by atoms with Crippen molar-refractivity contribution in [1.82, 2.24) is 10.7 Å². The minimum Gasteiger partial charge on any atom is -0.490 e. The molecule has 0 aromatic heterocycles. The molecule has 2 aromatic rings. The van der Waals surface area contributed by atoms with E-state index in [-0.39, 0.29) is 18.6 Å². The maximum atomic E-state index is 12.6. The Bertz CT molecular complexity index is 1130. The average molecular weight is 561 g/mol. The minimum absolute atomic E-state index is 0.114. The number of nitrogens with zero attached hydrogens (tertiary/aromatic N) is 1. The van der Waals surface area contributed by atoms with Gasteiger partial charge in [-0.05, 0) is 85.8 Å². The zero-order valence-electron chi connectivity index (χ0n) is 21.5. The number of carbonyl (C=O) groups excluding carboxylic acids is 3. The molecule has 0 bridgehead atoms. The van der Waals surface area contributed by atoms with Crippen LogP contribution in [0.4, 0.5) is 5.69 Å². The lowest BCUT2D eigenvalue weighted by Gasteiger charge is -2.16. The van der Waals surface area contributed by atoms with E-state index in [1.54, 1.807) is 19.1 Å². The summed E-state index contributed by atoms with van der Waals surface area (Å²) < 4.78 is 12.0. The van der Waals surface area contributed by atoms with Crippen LogP contribution in [0.3, 0.4) is 0 Å². The van der Waals surface area contributed by atoms with Gasteiger partial charge in [-0.25, -0.2) is 5.43 Å². The van der Waals surface area contributed by atoms with E-state index in [1.807, 2.05) is 46.8 Å². The fourth-order valence-corrected chi connectivity index (χ4v) is 3.94. The van der Waals surface area contributed by atoms with Gasteiger partial charge in [0.1, 0.15) is 0 Å². The third kappa shape index (κ3) is 8.37. The highest BCUT2D eigenvalue weighted by molar-refractivity contribution is 9.10. The van der Waals surface area contributed by atoms with Crippen LogP contribution in [0.2, 0.25) is 0 Å². The van der Waals surface area contributed by atoms with Crippen LogP contribution in [0.5, 0.6) is 11.5 Å². The largest absolute Gasteiger partial charge is 0.490 e. The summed E-state index contributed by atoms with van der Waals surface area (Å²) in [6, 6.07) is 7.25. The Labute approximate surface area is 220 Å². The van der Waals surface area contributed by atoms with Crippen molar-refractivity contribution in [3.8, 4) is 11.5 Å². The Hall–Kier alpha value is -3.40. The summed E-state index contributed by atoms with van der Waals surface area (Å²) in [5.41, 5.74) is 6.63. The summed E-state index contributed by atoms with van der Waals surface area (Å²) in [4.78, 5) is 36.3. The Balaban J connectivity index is 2.08. The van der Waals surface area contributed by atoms with Crippen molar-refractivity contribution in [2.75, 3.05) is 18.5 Å². The number of carbonyl (C=O) groups is 3. The van der Waals surface area contributed by atoms with Gasteiger partial charge in [-0.2, -0.15) is 5.10 Å². The molecular formula is C26H33BrN4O5. The normalized spacial score (nSPS) is 11.6. The standard InChI is InChI=1S/C26H33BrN4O5/c1-7-18(6)29-25(33)26(34)31-28-13-19-11-20(27)24(21(12-19)35-8-2)36-14-22(32)30-23-16(4)9-15(3)10-17(23)5/h9-13,18H,7-8,14H2,1-6H3,(H,29,33)(H,30,32)(H,31,34)/b28-13-/t18-/m0/s1. The summed E-state index contributed by atoms with van der Waals surface area (Å²) >= 11 is 3.45. The first kappa shape index (κ1) is 28.8. The van der Waals surface area contributed by atoms with E-state index in [1.165, 1.54) is 6.21 Å². The van der Waals surface area contributed by atoms with Crippen molar-refractivity contribution in [1.29, 1.82) is 0 Å². The van der Waals surface area contributed by atoms with Crippen LogP contribution < -0.4 is 25.5 Å². The number of hydrogen-bond acceptors (Lipinski definition) is 6. The van der Waals surface area contributed by atoms with Gasteiger partial charge in [-0.3, -0.25) is 14.4 Å². The van der Waals surface area contributed by atoms with Gasteiger partial charge in [-0.1, -0.05) is 24.6 Å². The van der Waals surface area contributed by atoms with Crippen molar-refractivity contribution in [3.63, 3.8) is 0 Å². The van der Waals surface area contributed by atoms with Crippen LogP contribution in [-0.4, -0.2) is 43.2 Å². The Kier molecular flexibility index (Phi) is 10.9. The fraction of sp³-hybridized carbons (Fsp3) is 0.385. The highest BCUT2D eigenvalue weighted by atomic mass is 79.9. The van der Waals surface area contributed by atoms with Crippen LogP contribution in [0, 0.1) is 20.8 Å². The molecule has 10 heteroatoms. The van der Waals surface area contributed by atoms with E-state index in [0.717, 1.165) is 22.4 Å². The molecule has 9 nitrogen and oxygen atoms in total. The Morgan fingerprint density at radius 3 is 2.31 bits per heavy atom. The number of hydrogen-bond donors (Lipinski definition) is 3. The molecule has 36 heavy (non-hydrogen) atoms. The molecule has 0 aliphatic rings. The number of hydrazone groups is 1. The zero-order valence-corrected chi connectivity index (χ0v) is 23.0. The predicted molar refractivity (Wildman–Crippen MR) is 144 cm³/mol. The lowest BCUT2D eigenvalue weighted by Crippen LogP contribution is -2.41. The predicted octanol–water partition coefficient (Wildman–Crippen LogP) is 4.16. The second kappa shape index (κ2) is 13.6. The van der Waals surface area contributed by atoms with E-state index >= 15 is 0 Å². The summed E-state index contributed by atoms with van der Waals surface area (Å²) in [6.07, 6.45) is 2.08. The molecule has 0 saturated heterocycles. The van der Waals surface area contributed by atoms with Gasteiger partial charge in [-0.15, -0.1) is 0 Å². The lowest BCUT2D eigenvalue weighted by atomic mass is 10.1. The van der Waals surface area contributed by atoms with E-state index in [4.69, 9.17) is 9.47 Å². The molecule has 194 valence electrons. The molecule has 0 aliphatic carbocycles. The Morgan fingerprint density at radius 2 is 1.69 bits per heavy atom. The smallest absolute Gasteiger partial charge is 0.329 e. The quantitative estimate of drug-likeness (QED) is 0.229. The van der Waals surface area contributed by atoms with Crippen LogP contribution in [-0.2, 0) is 14.4 Å². The number of anilines is 1. The molecule has 3 N–H and O–H groups in total. The maximum absolute atomic E-state index is 12.6. The highest BCUT2D eigenvalue weighted by Crippen LogP contribution is 2.36. The molecule has 0 radical (unpaired) electrons. The number of nitrogens with one attached hydrogen (secondary N) is 3. The van der Waals surface area contributed by atoms with Gasteiger partial charge < -0.3 is 20.1 Å². The van der Waals surface area contributed by atoms with E-state index < -0.39 is 11.8 Å². The molecule has 0 fully saturated rings. The number of aryl methyl sites for hydroxylation is 3. The first-order chi connectivity index (χ1) is 17.0. The molecule has 0 spiro atoms. The van der Waals surface area contributed by atoms with Crippen molar-refractivity contribution in [2.24, 2.45) is 5.10 Å². The molecule has 3 amide bonds. The minimum atomic E-state index is -0.860. The lowest BCUT2D eigenvalue weighted by molar-refractivity contribution is -0.139. The van der Waals surface area contributed by atoms with Gasteiger partial charge in [0.05, 0.1) is 17.3 Å². The summed E-state index contributed by atoms with van der Waals surface area (Å²) in [5, 5.41) is 9.32. The van der Waals surface area contributed by atoms with E-state index in [0.29, 0.717) is 34.6 Å². The Morgan fingerprint density at radius 1 is 1.03 bits per heavy atom. The van der Waals surface area contributed by atoms with Crippen LogP contribution in [0.25, 0.3) is 0 Å². The maximum Gasteiger partial charge on any atom is 0.329 e. The summed E-state index contributed by atoms with van der Waals surface area (Å²) in [5.74, 6) is -1.16. The van der Waals surface area contributed by atoms with Crippen LogP contribution in [0.1, 0.15) is 49.4 Å². The van der Waals surface area contributed by atoms with Crippen molar-refractivity contribution >= 4 is 45.6 Å². The van der Waals surface area contributed by atoms with Gasteiger partial charge in [0, 0.05) is 11.7 Å². The number of benzene rings is 2. The van der Waals surface area contributed by atoms with Gasteiger partial charge in [0.2, 0.25) is 0 Å². The monoisotopic (exact) mass is 560 g/mol. The van der Waals surface area contributed by atoms with Crippen LogP contribution >= 0.6 is 15.9 Å². The van der Waals surface area contributed by atoms with E-state index in [9.17, 15) is 14.4 Å². The molecule has 2 aromatic carbocycles. The topological polar surface area (TPSA) is 118 Å². The van der Waals surface area contributed by atoms with E-state index in [2.05, 4.69) is 37.1 Å². The SMILES string of the molecule is CCOc1cc(/C=N\NC(=O)C(=O)N[C@@H](C)CC)cc(Br)c1OCC(=O)Nc1c(C)cc(C)cc1C. The van der Waals surface area contributed by atoms with Crippen molar-refractivity contribution in [2.45, 2.75) is 54.0 Å². The van der Waals surface area contributed by atoms with Crippen molar-refractivity contribution in [3.05, 3.63) is 51.0 Å².